The van der Waals surface area contributed by atoms with Crippen molar-refractivity contribution in [3.8, 4) is 0 Å². The number of H-pyrrole nitrogens is 1. The molecule has 144 valence electrons. The van der Waals surface area contributed by atoms with Crippen molar-refractivity contribution in [2.24, 2.45) is 0 Å². The van der Waals surface area contributed by atoms with Crippen LogP contribution in [0.25, 0.3) is 11.0 Å². The number of imidazole rings is 1. The number of rotatable bonds is 9. The lowest BCUT2D eigenvalue weighted by atomic mass is 10.1. The number of nitrogens with one attached hydrogen (secondary N) is 1. The first-order valence-corrected chi connectivity index (χ1v) is 8.64. The molecule has 0 atom stereocenters. The molecule has 0 aliphatic carbocycles. The summed E-state index contributed by atoms with van der Waals surface area (Å²) in [5.74, 6) is 0. The summed E-state index contributed by atoms with van der Waals surface area (Å²) >= 11 is 0. The monoisotopic (exact) mass is 365 g/mol. The fraction of sp³-hybridized carbons (Fsp3) is 0.556. The maximum absolute atomic E-state index is 11.9. The molecule has 2 rings (SSSR count). The zero-order valence-electron chi connectivity index (χ0n) is 15.5. The molecule has 2 aromatic rings. The molecular weight excluding hydrogens is 338 g/mol. The highest BCUT2D eigenvalue weighted by atomic mass is 16.5. The summed E-state index contributed by atoms with van der Waals surface area (Å²) in [6, 6.07) is 7.51. The number of hydrogen-bond donors (Lipinski definition) is 2. The normalized spacial score (nSPS) is 11.8. The van der Waals surface area contributed by atoms with E-state index in [-0.39, 0.29) is 5.69 Å². The summed E-state index contributed by atoms with van der Waals surface area (Å²) in [5.41, 5.74) is 1.05. The highest BCUT2D eigenvalue weighted by Gasteiger charge is 2.25. The number of benzene rings is 1. The number of carboxylic acid groups (broad SMARTS) is 1. The van der Waals surface area contributed by atoms with Crippen LogP contribution in [0, 0.1) is 0 Å². The summed E-state index contributed by atoms with van der Waals surface area (Å²) in [4.78, 5) is 27.3. The van der Waals surface area contributed by atoms with Gasteiger partial charge in [-0.25, -0.2) is 9.59 Å². The predicted octanol–water partition coefficient (Wildman–Crippen LogP) is 2.14. The minimum Gasteiger partial charge on any atom is -0.465 e. The van der Waals surface area contributed by atoms with E-state index < -0.39 is 11.6 Å². The van der Waals surface area contributed by atoms with Gasteiger partial charge < -0.3 is 24.5 Å². The third-order valence-electron chi connectivity index (χ3n) is 4.01. The highest BCUT2D eigenvalue weighted by Crippen LogP contribution is 2.12. The van der Waals surface area contributed by atoms with Gasteiger partial charge in [-0.3, -0.25) is 4.57 Å². The number of para-hydroxylation sites is 2. The summed E-state index contributed by atoms with van der Waals surface area (Å²) in [5, 5.41) is 9.18. The lowest BCUT2D eigenvalue weighted by Crippen LogP contribution is -2.46. The van der Waals surface area contributed by atoms with Crippen LogP contribution in [-0.4, -0.2) is 64.2 Å². The average Bonchev–Trinajstić information content (AvgIpc) is 2.87. The number of carbonyl (C=O) groups is 1. The minimum absolute atomic E-state index is 0.151. The summed E-state index contributed by atoms with van der Waals surface area (Å²) in [6.07, 6.45) is -0.957. The van der Waals surface area contributed by atoms with Crippen molar-refractivity contribution in [2.75, 3.05) is 33.0 Å². The third-order valence-corrected chi connectivity index (χ3v) is 4.01. The lowest BCUT2D eigenvalue weighted by Gasteiger charge is -2.32. The van der Waals surface area contributed by atoms with Crippen LogP contribution in [0.1, 0.15) is 20.8 Å². The number of aromatic amines is 1. The van der Waals surface area contributed by atoms with Crippen LogP contribution in [0.5, 0.6) is 0 Å². The van der Waals surface area contributed by atoms with E-state index in [9.17, 15) is 14.7 Å². The zero-order valence-corrected chi connectivity index (χ0v) is 15.5. The van der Waals surface area contributed by atoms with E-state index in [0.29, 0.717) is 39.5 Å². The van der Waals surface area contributed by atoms with Gasteiger partial charge in [0.25, 0.3) is 0 Å². The van der Waals surface area contributed by atoms with Gasteiger partial charge in [-0.05, 0) is 32.9 Å². The molecule has 0 unspecified atom stereocenters. The van der Waals surface area contributed by atoms with Crippen molar-refractivity contribution in [3.05, 3.63) is 34.7 Å². The molecule has 8 heteroatoms. The fourth-order valence-electron chi connectivity index (χ4n) is 2.68. The van der Waals surface area contributed by atoms with Crippen LogP contribution < -0.4 is 5.69 Å². The molecule has 2 N–H and O–H groups in total. The Labute approximate surface area is 152 Å². The van der Waals surface area contributed by atoms with Crippen LogP contribution in [-0.2, 0) is 16.0 Å². The van der Waals surface area contributed by atoms with Gasteiger partial charge in [0.05, 0.1) is 44.0 Å². The molecule has 26 heavy (non-hydrogen) atoms. The molecule has 0 saturated heterocycles. The largest absolute Gasteiger partial charge is 0.465 e. The second-order valence-corrected chi connectivity index (χ2v) is 6.93. The molecule has 1 amide bonds. The molecule has 0 bridgehead atoms. The van der Waals surface area contributed by atoms with Crippen molar-refractivity contribution in [1.29, 1.82) is 0 Å². The van der Waals surface area contributed by atoms with E-state index in [0.717, 1.165) is 11.0 Å². The molecule has 1 aromatic carbocycles. The number of amides is 1. The van der Waals surface area contributed by atoms with Crippen LogP contribution in [0.15, 0.2) is 29.1 Å². The molecule has 0 aliphatic heterocycles. The molecule has 0 radical (unpaired) electrons. The van der Waals surface area contributed by atoms with Crippen LogP contribution in [0.3, 0.4) is 0 Å². The SMILES string of the molecule is CC(C)(C)N(CCOCCOCCn1c(=O)[nH]c2ccccc21)C(=O)O. The Morgan fingerprint density at radius 2 is 1.81 bits per heavy atom. The fourth-order valence-corrected chi connectivity index (χ4v) is 2.68. The van der Waals surface area contributed by atoms with Gasteiger partial charge in [0, 0.05) is 12.1 Å². The summed E-state index contributed by atoms with van der Waals surface area (Å²) in [7, 11) is 0. The first-order valence-electron chi connectivity index (χ1n) is 8.64. The highest BCUT2D eigenvalue weighted by molar-refractivity contribution is 5.74. The van der Waals surface area contributed by atoms with E-state index in [4.69, 9.17) is 9.47 Å². The quantitative estimate of drug-likeness (QED) is 0.664. The second-order valence-electron chi connectivity index (χ2n) is 6.93. The molecule has 1 aromatic heterocycles. The second kappa shape index (κ2) is 8.86. The number of ether oxygens (including phenoxy) is 2. The van der Waals surface area contributed by atoms with Gasteiger partial charge in [-0.15, -0.1) is 0 Å². The maximum atomic E-state index is 11.9. The Hall–Kier alpha value is -2.32. The van der Waals surface area contributed by atoms with Crippen molar-refractivity contribution in [1.82, 2.24) is 14.5 Å². The first kappa shape index (κ1) is 20.0. The van der Waals surface area contributed by atoms with E-state index >= 15 is 0 Å². The van der Waals surface area contributed by atoms with Crippen molar-refractivity contribution in [3.63, 3.8) is 0 Å². The van der Waals surface area contributed by atoms with Gasteiger partial charge in [0.15, 0.2) is 0 Å². The zero-order chi connectivity index (χ0) is 19.2. The van der Waals surface area contributed by atoms with Gasteiger partial charge in [-0.1, -0.05) is 12.1 Å². The molecule has 0 fully saturated rings. The van der Waals surface area contributed by atoms with E-state index in [1.807, 2.05) is 45.0 Å². The number of nitrogens with zero attached hydrogens (tertiary/aromatic N) is 2. The topological polar surface area (TPSA) is 96.8 Å². The van der Waals surface area contributed by atoms with Crippen LogP contribution in [0.4, 0.5) is 4.79 Å². The molecule has 8 nitrogen and oxygen atoms in total. The standard InChI is InChI=1S/C18H27N3O5/c1-18(2,3)21(17(23)24)9-11-26-13-12-25-10-8-20-15-7-5-4-6-14(15)19-16(20)22/h4-7H,8-13H2,1-3H3,(H,19,22)(H,23,24). The summed E-state index contributed by atoms with van der Waals surface area (Å²) in [6.45, 7) is 7.77. The Morgan fingerprint density at radius 3 is 2.46 bits per heavy atom. The van der Waals surface area contributed by atoms with E-state index in [1.54, 1.807) is 4.57 Å². The Morgan fingerprint density at radius 1 is 1.15 bits per heavy atom. The predicted molar refractivity (Wildman–Crippen MR) is 98.7 cm³/mol. The average molecular weight is 365 g/mol. The molecular formula is C18H27N3O5. The van der Waals surface area contributed by atoms with Crippen LogP contribution >= 0.6 is 0 Å². The van der Waals surface area contributed by atoms with Gasteiger partial charge in [0.1, 0.15) is 0 Å². The number of hydrogen-bond acceptors (Lipinski definition) is 4. The van der Waals surface area contributed by atoms with E-state index in [2.05, 4.69) is 4.98 Å². The number of aromatic nitrogens is 2. The molecule has 0 aliphatic rings. The third kappa shape index (κ3) is 5.34. The maximum Gasteiger partial charge on any atom is 0.407 e. The van der Waals surface area contributed by atoms with E-state index in [1.165, 1.54) is 4.90 Å². The Kier molecular flexibility index (Phi) is 6.82. The molecule has 0 spiro atoms. The molecule has 1 heterocycles. The first-order chi connectivity index (χ1) is 12.3. The Bertz CT molecular complexity index is 775. The van der Waals surface area contributed by atoms with Gasteiger partial charge in [-0.2, -0.15) is 0 Å². The minimum atomic E-state index is -0.957. The van der Waals surface area contributed by atoms with Crippen molar-refractivity contribution in [2.45, 2.75) is 32.9 Å². The van der Waals surface area contributed by atoms with Gasteiger partial charge in [0.2, 0.25) is 0 Å². The van der Waals surface area contributed by atoms with Crippen LogP contribution in [0.2, 0.25) is 0 Å². The number of fused-ring (bicyclic) bond motifs is 1. The van der Waals surface area contributed by atoms with Crippen molar-refractivity contribution < 1.29 is 19.4 Å². The van der Waals surface area contributed by atoms with Crippen molar-refractivity contribution >= 4 is 17.1 Å². The smallest absolute Gasteiger partial charge is 0.407 e. The lowest BCUT2D eigenvalue weighted by molar-refractivity contribution is 0.0259. The van der Waals surface area contributed by atoms with Gasteiger partial charge >= 0.3 is 11.8 Å². The summed E-state index contributed by atoms with van der Waals surface area (Å²) < 4.78 is 12.6. The molecule has 0 saturated carbocycles. The Balaban J connectivity index is 1.65.